The summed E-state index contributed by atoms with van der Waals surface area (Å²) in [5.41, 5.74) is 4.26. The minimum absolute atomic E-state index is 0.0327. The van der Waals surface area contributed by atoms with Crippen molar-refractivity contribution >= 4 is 23.6 Å². The van der Waals surface area contributed by atoms with E-state index >= 15 is 0 Å². The van der Waals surface area contributed by atoms with Gasteiger partial charge in [-0.2, -0.15) is 0 Å². The van der Waals surface area contributed by atoms with E-state index in [-0.39, 0.29) is 5.54 Å². The first-order valence-corrected chi connectivity index (χ1v) is 7.93. The Bertz CT molecular complexity index is 836. The second-order valence-corrected chi connectivity index (χ2v) is 6.85. The van der Waals surface area contributed by atoms with Crippen molar-refractivity contribution in [1.82, 2.24) is 9.38 Å². The monoisotopic (exact) mass is 305 g/mol. The number of benzene rings is 1. The Labute approximate surface area is 137 Å². The van der Waals surface area contributed by atoms with E-state index in [4.69, 9.17) is 4.98 Å². The van der Waals surface area contributed by atoms with Crippen LogP contribution in [0.1, 0.15) is 37.6 Å². The number of fused-ring (bicyclic) bond motifs is 1. The molecule has 0 aliphatic heterocycles. The molecule has 0 bridgehead atoms. The molecule has 1 N–H and O–H groups in total. The molecule has 3 aromatic rings. The van der Waals surface area contributed by atoms with Crippen LogP contribution in [-0.4, -0.2) is 14.9 Å². The normalized spacial score (nSPS) is 12.2. The van der Waals surface area contributed by atoms with Gasteiger partial charge in [-0.25, -0.2) is 4.98 Å². The molecule has 23 heavy (non-hydrogen) atoms. The Morgan fingerprint density at radius 2 is 1.74 bits per heavy atom. The molecule has 1 aromatic carbocycles. The number of imidazole rings is 1. The van der Waals surface area contributed by atoms with Gasteiger partial charge in [-0.1, -0.05) is 42.5 Å². The molecule has 0 fully saturated rings. The smallest absolute Gasteiger partial charge is 0.142 e. The number of aryl methyl sites for hydroxylation is 1. The van der Waals surface area contributed by atoms with Crippen LogP contribution >= 0.6 is 0 Å². The van der Waals surface area contributed by atoms with E-state index in [0.29, 0.717) is 0 Å². The predicted molar refractivity (Wildman–Crippen MR) is 98.7 cm³/mol. The van der Waals surface area contributed by atoms with Crippen LogP contribution in [0.2, 0.25) is 0 Å². The molecule has 0 amide bonds. The van der Waals surface area contributed by atoms with Crippen molar-refractivity contribution in [2.45, 2.75) is 33.2 Å². The Balaban J connectivity index is 2.09. The van der Waals surface area contributed by atoms with Gasteiger partial charge >= 0.3 is 0 Å². The van der Waals surface area contributed by atoms with Crippen molar-refractivity contribution < 1.29 is 0 Å². The second kappa shape index (κ2) is 5.92. The summed E-state index contributed by atoms with van der Waals surface area (Å²) >= 11 is 0. The van der Waals surface area contributed by atoms with Crippen LogP contribution in [0.4, 0.5) is 5.82 Å². The summed E-state index contributed by atoms with van der Waals surface area (Å²) in [6, 6.07) is 14.4. The van der Waals surface area contributed by atoms with Gasteiger partial charge < -0.3 is 5.32 Å². The number of hydrogen-bond donors (Lipinski definition) is 1. The maximum absolute atomic E-state index is 4.83. The lowest BCUT2D eigenvalue weighted by Gasteiger charge is -2.22. The molecule has 3 nitrogen and oxygen atoms in total. The van der Waals surface area contributed by atoms with E-state index in [0.717, 1.165) is 17.2 Å². The highest BCUT2D eigenvalue weighted by Crippen LogP contribution is 2.25. The van der Waals surface area contributed by atoms with Crippen LogP contribution in [0, 0.1) is 6.92 Å². The molecule has 0 atom stereocenters. The third kappa shape index (κ3) is 3.45. The molecule has 0 aliphatic rings. The summed E-state index contributed by atoms with van der Waals surface area (Å²) in [7, 11) is 0. The first kappa shape index (κ1) is 15.3. The zero-order chi connectivity index (χ0) is 16.4. The molecule has 0 spiro atoms. The Morgan fingerprint density at radius 3 is 2.43 bits per heavy atom. The largest absolute Gasteiger partial charge is 0.365 e. The minimum atomic E-state index is -0.0327. The second-order valence-electron chi connectivity index (χ2n) is 6.85. The number of pyridine rings is 1. The molecular formula is C20H23N3. The van der Waals surface area contributed by atoms with E-state index in [1.54, 1.807) is 0 Å². The highest BCUT2D eigenvalue weighted by atomic mass is 15.2. The van der Waals surface area contributed by atoms with E-state index < -0.39 is 0 Å². The van der Waals surface area contributed by atoms with Gasteiger partial charge in [0.1, 0.15) is 17.2 Å². The third-order valence-electron chi connectivity index (χ3n) is 3.60. The fourth-order valence-corrected chi connectivity index (χ4v) is 2.56. The average Bonchev–Trinajstić information content (AvgIpc) is 2.84. The summed E-state index contributed by atoms with van der Waals surface area (Å²) in [5.74, 6) is 1.03. The Hall–Kier alpha value is -2.55. The fraction of sp³-hybridized carbons (Fsp3) is 0.250. The molecule has 2 heterocycles. The molecule has 2 aromatic heterocycles. The number of aromatic nitrogens is 2. The van der Waals surface area contributed by atoms with Crippen molar-refractivity contribution in [3.8, 4) is 0 Å². The van der Waals surface area contributed by atoms with Crippen molar-refractivity contribution in [3.63, 3.8) is 0 Å². The molecule has 0 unspecified atom stereocenters. The van der Waals surface area contributed by atoms with Crippen LogP contribution < -0.4 is 5.32 Å². The maximum atomic E-state index is 4.83. The number of nitrogens with zero attached hydrogens (tertiary/aromatic N) is 2. The highest BCUT2D eigenvalue weighted by Gasteiger charge is 2.17. The number of rotatable bonds is 3. The lowest BCUT2D eigenvalue weighted by atomic mass is 10.1. The van der Waals surface area contributed by atoms with Gasteiger partial charge in [-0.15, -0.1) is 0 Å². The molecule has 3 heteroatoms. The number of anilines is 1. The first-order valence-electron chi connectivity index (χ1n) is 7.93. The third-order valence-corrected chi connectivity index (χ3v) is 3.60. The fourth-order valence-electron chi connectivity index (χ4n) is 2.56. The van der Waals surface area contributed by atoms with Crippen molar-refractivity contribution in [2.75, 3.05) is 5.32 Å². The lowest BCUT2D eigenvalue weighted by Crippen LogP contribution is -2.27. The quantitative estimate of drug-likeness (QED) is 0.736. The molecule has 3 rings (SSSR count). The predicted octanol–water partition coefficient (Wildman–Crippen LogP) is 5.02. The number of hydrogen-bond acceptors (Lipinski definition) is 2. The topological polar surface area (TPSA) is 29.3 Å². The van der Waals surface area contributed by atoms with E-state index in [1.165, 1.54) is 11.1 Å². The minimum Gasteiger partial charge on any atom is -0.365 e. The van der Waals surface area contributed by atoms with Crippen LogP contribution in [0.3, 0.4) is 0 Å². The van der Waals surface area contributed by atoms with Crippen molar-refractivity contribution in [3.05, 3.63) is 65.5 Å². The average molecular weight is 305 g/mol. The van der Waals surface area contributed by atoms with Gasteiger partial charge in [0, 0.05) is 11.7 Å². The van der Waals surface area contributed by atoms with Gasteiger partial charge in [0.2, 0.25) is 0 Å². The van der Waals surface area contributed by atoms with Crippen molar-refractivity contribution in [1.29, 1.82) is 0 Å². The van der Waals surface area contributed by atoms with Crippen LogP contribution in [0.25, 0.3) is 17.8 Å². The molecule has 0 aliphatic carbocycles. The summed E-state index contributed by atoms with van der Waals surface area (Å²) in [5, 5.41) is 3.59. The van der Waals surface area contributed by atoms with Gasteiger partial charge in [0.25, 0.3) is 0 Å². The van der Waals surface area contributed by atoms with Gasteiger partial charge in [0.05, 0.1) is 0 Å². The first-order chi connectivity index (χ1) is 10.9. The van der Waals surface area contributed by atoms with Gasteiger partial charge in [0.15, 0.2) is 0 Å². The van der Waals surface area contributed by atoms with Crippen LogP contribution in [-0.2, 0) is 0 Å². The van der Waals surface area contributed by atoms with Crippen LogP contribution in [0.15, 0.2) is 48.7 Å². The standard InChI is InChI=1S/C20H23N3/c1-15-9-8-14-23-18(15)21-17(19(23)22-20(2,3)4)13-12-16-10-6-5-7-11-16/h5-14,22H,1-4H3. The Morgan fingerprint density at radius 1 is 1.00 bits per heavy atom. The molecule has 0 saturated carbocycles. The zero-order valence-electron chi connectivity index (χ0n) is 14.2. The summed E-state index contributed by atoms with van der Waals surface area (Å²) in [6.45, 7) is 8.57. The highest BCUT2D eigenvalue weighted by molar-refractivity contribution is 5.76. The van der Waals surface area contributed by atoms with Gasteiger partial charge in [-0.05, 0) is 51.0 Å². The van der Waals surface area contributed by atoms with Crippen molar-refractivity contribution in [2.24, 2.45) is 0 Å². The Kier molecular flexibility index (Phi) is 3.95. The van der Waals surface area contributed by atoms with E-state index in [9.17, 15) is 0 Å². The zero-order valence-corrected chi connectivity index (χ0v) is 14.2. The number of nitrogens with one attached hydrogen (secondary N) is 1. The summed E-state index contributed by atoms with van der Waals surface area (Å²) in [4.78, 5) is 4.83. The van der Waals surface area contributed by atoms with Crippen LogP contribution in [0.5, 0.6) is 0 Å². The summed E-state index contributed by atoms with van der Waals surface area (Å²) in [6.07, 6.45) is 6.24. The lowest BCUT2D eigenvalue weighted by molar-refractivity contribution is 0.629. The molecular weight excluding hydrogens is 282 g/mol. The molecule has 118 valence electrons. The SMILES string of the molecule is Cc1cccn2c(NC(C)(C)C)c(C=Cc3ccccc3)nc12. The van der Waals surface area contributed by atoms with E-state index in [1.807, 2.05) is 18.2 Å². The molecule has 0 saturated heterocycles. The maximum Gasteiger partial charge on any atom is 0.142 e. The molecule has 0 radical (unpaired) electrons. The van der Waals surface area contributed by atoms with E-state index in [2.05, 4.69) is 80.0 Å². The summed E-state index contributed by atoms with van der Waals surface area (Å²) < 4.78 is 2.13. The van der Waals surface area contributed by atoms with Gasteiger partial charge in [-0.3, -0.25) is 4.40 Å².